The zero-order valence-corrected chi connectivity index (χ0v) is 26.6. The Hall–Kier alpha value is -6.58. The van der Waals surface area contributed by atoms with Crippen LogP contribution in [0, 0.1) is 0 Å². The fourth-order valence-corrected chi connectivity index (χ4v) is 7.57. The van der Waals surface area contributed by atoms with Crippen LogP contribution in [0.15, 0.2) is 176 Å². The van der Waals surface area contributed by atoms with Crippen molar-refractivity contribution in [1.82, 2.24) is 14.5 Å². The molecule has 2 heterocycles. The van der Waals surface area contributed by atoms with Gasteiger partial charge in [-0.05, 0) is 86.6 Å². The Morgan fingerprint density at radius 2 is 0.755 bits per heavy atom. The smallest absolute Gasteiger partial charge is 0.0971 e. The van der Waals surface area contributed by atoms with Crippen molar-refractivity contribution in [3.05, 3.63) is 176 Å². The summed E-state index contributed by atoms with van der Waals surface area (Å²) in [5, 5.41) is 7.20. The monoisotopic (exact) mass is 623 g/mol. The van der Waals surface area contributed by atoms with Gasteiger partial charge in [0, 0.05) is 39.6 Å². The fraction of sp³-hybridized carbons (Fsp3) is 0. The van der Waals surface area contributed by atoms with E-state index < -0.39 is 0 Å². The van der Waals surface area contributed by atoms with Crippen LogP contribution < -0.4 is 0 Å². The molecule has 0 saturated heterocycles. The summed E-state index contributed by atoms with van der Waals surface area (Å²) in [6.45, 7) is 0. The summed E-state index contributed by atoms with van der Waals surface area (Å²) >= 11 is 0. The molecule has 0 bridgehead atoms. The van der Waals surface area contributed by atoms with Crippen molar-refractivity contribution in [3.8, 4) is 39.1 Å². The topological polar surface area (TPSA) is 30.7 Å². The minimum atomic E-state index is 0.936. The van der Waals surface area contributed by atoms with Crippen LogP contribution in [0.3, 0.4) is 0 Å². The number of hydrogen-bond donors (Lipinski definition) is 0. The summed E-state index contributed by atoms with van der Waals surface area (Å²) in [6.07, 6.45) is 3.57. The molecule has 0 fully saturated rings. The van der Waals surface area contributed by atoms with E-state index in [9.17, 15) is 0 Å². The van der Waals surface area contributed by atoms with E-state index in [1.165, 1.54) is 60.4 Å². The van der Waals surface area contributed by atoms with Gasteiger partial charge in [0.2, 0.25) is 0 Å². The average Bonchev–Trinajstić information content (AvgIpc) is 3.52. The van der Waals surface area contributed by atoms with Crippen molar-refractivity contribution >= 4 is 54.4 Å². The number of rotatable bonds is 4. The lowest BCUT2D eigenvalue weighted by molar-refractivity contribution is 1.18. The van der Waals surface area contributed by atoms with Crippen LogP contribution in [0.5, 0.6) is 0 Å². The molecule has 3 nitrogen and oxygen atoms in total. The fourth-order valence-electron chi connectivity index (χ4n) is 7.57. The maximum absolute atomic E-state index is 4.78. The lowest BCUT2D eigenvalue weighted by atomic mass is 9.93. The van der Waals surface area contributed by atoms with E-state index in [0.29, 0.717) is 0 Å². The number of para-hydroxylation sites is 2. The molecule has 0 aliphatic rings. The SMILES string of the molecule is c1cc(-c2ccc(-n3c4ccccc4c4ccccc43)cc2)cc(-c2cccc(-c3ccc4c5ccccc5c5nccnc5c4c3)c2)c1. The van der Waals surface area contributed by atoms with Crippen molar-refractivity contribution in [2.45, 2.75) is 0 Å². The number of nitrogens with zero attached hydrogens (tertiary/aromatic N) is 3. The van der Waals surface area contributed by atoms with Crippen molar-refractivity contribution in [1.29, 1.82) is 0 Å². The zero-order chi connectivity index (χ0) is 32.3. The van der Waals surface area contributed by atoms with Gasteiger partial charge in [-0.25, -0.2) is 0 Å². The predicted octanol–water partition coefficient (Wildman–Crippen LogP) is 12.0. The maximum Gasteiger partial charge on any atom is 0.0971 e. The molecule has 8 aromatic carbocycles. The Balaban J connectivity index is 1.02. The Labute approximate surface area is 283 Å². The Bertz CT molecular complexity index is 2790. The normalized spacial score (nSPS) is 11.7. The molecule has 0 aliphatic heterocycles. The maximum atomic E-state index is 4.78. The first-order chi connectivity index (χ1) is 24.3. The van der Waals surface area contributed by atoms with Gasteiger partial charge < -0.3 is 4.57 Å². The van der Waals surface area contributed by atoms with Crippen LogP contribution in [0.2, 0.25) is 0 Å². The second kappa shape index (κ2) is 11.0. The van der Waals surface area contributed by atoms with Crippen molar-refractivity contribution in [2.24, 2.45) is 0 Å². The first-order valence-electron chi connectivity index (χ1n) is 16.7. The third-order valence-electron chi connectivity index (χ3n) is 9.88. The molecule has 0 radical (unpaired) electrons. The Morgan fingerprint density at radius 3 is 1.37 bits per heavy atom. The van der Waals surface area contributed by atoms with Crippen LogP contribution in [-0.2, 0) is 0 Å². The second-order valence-electron chi connectivity index (χ2n) is 12.6. The van der Waals surface area contributed by atoms with E-state index >= 15 is 0 Å². The van der Waals surface area contributed by atoms with Crippen LogP contribution in [0.1, 0.15) is 0 Å². The van der Waals surface area contributed by atoms with Gasteiger partial charge in [0.05, 0.1) is 22.1 Å². The van der Waals surface area contributed by atoms with Gasteiger partial charge in [0.15, 0.2) is 0 Å². The minimum absolute atomic E-state index is 0.936. The molecule has 10 rings (SSSR count). The largest absolute Gasteiger partial charge is 0.309 e. The van der Waals surface area contributed by atoms with Gasteiger partial charge >= 0.3 is 0 Å². The molecule has 0 amide bonds. The van der Waals surface area contributed by atoms with E-state index in [2.05, 4.69) is 168 Å². The summed E-state index contributed by atoms with van der Waals surface area (Å²) in [5.41, 5.74) is 12.6. The summed E-state index contributed by atoms with van der Waals surface area (Å²) in [7, 11) is 0. The first-order valence-corrected chi connectivity index (χ1v) is 16.7. The predicted molar refractivity (Wildman–Crippen MR) is 205 cm³/mol. The van der Waals surface area contributed by atoms with Crippen LogP contribution in [0.4, 0.5) is 0 Å². The molecule has 0 aliphatic carbocycles. The van der Waals surface area contributed by atoms with Gasteiger partial charge in [-0.2, -0.15) is 0 Å². The molecule has 49 heavy (non-hydrogen) atoms. The zero-order valence-electron chi connectivity index (χ0n) is 26.6. The number of aromatic nitrogens is 3. The lowest BCUT2D eigenvalue weighted by Gasteiger charge is -2.12. The van der Waals surface area contributed by atoms with Crippen molar-refractivity contribution in [3.63, 3.8) is 0 Å². The quantitative estimate of drug-likeness (QED) is 0.183. The highest BCUT2D eigenvalue weighted by atomic mass is 15.0. The van der Waals surface area contributed by atoms with Gasteiger partial charge in [0.25, 0.3) is 0 Å². The van der Waals surface area contributed by atoms with Gasteiger partial charge in [-0.3, -0.25) is 9.97 Å². The molecular formula is C46H29N3. The van der Waals surface area contributed by atoms with E-state index in [1.807, 2.05) is 0 Å². The highest BCUT2D eigenvalue weighted by molar-refractivity contribution is 6.23. The average molecular weight is 624 g/mol. The minimum Gasteiger partial charge on any atom is -0.309 e. The molecule has 0 N–H and O–H groups in total. The number of fused-ring (bicyclic) bond motifs is 9. The molecule has 0 atom stereocenters. The molecule has 10 aromatic rings. The number of benzene rings is 8. The van der Waals surface area contributed by atoms with Crippen LogP contribution in [0.25, 0.3) is 93.5 Å². The highest BCUT2D eigenvalue weighted by Crippen LogP contribution is 2.37. The lowest BCUT2D eigenvalue weighted by Crippen LogP contribution is -1.93. The van der Waals surface area contributed by atoms with E-state index in [4.69, 9.17) is 9.97 Å². The van der Waals surface area contributed by atoms with Gasteiger partial charge in [-0.1, -0.05) is 121 Å². The molecule has 228 valence electrons. The molecule has 0 unspecified atom stereocenters. The standard InChI is InChI=1S/C46H29N3/c1-2-16-41-37(13-1)38-24-21-35(29-42(38)46-45(41)47-25-26-48-46)34-12-8-11-33(28-34)32-10-7-9-31(27-32)30-19-22-36(23-20-30)49-43-17-5-3-14-39(43)40-15-4-6-18-44(40)49/h1-29H. The summed E-state index contributed by atoms with van der Waals surface area (Å²) < 4.78 is 2.36. The van der Waals surface area contributed by atoms with E-state index in [-0.39, 0.29) is 0 Å². The van der Waals surface area contributed by atoms with Crippen LogP contribution >= 0.6 is 0 Å². The van der Waals surface area contributed by atoms with Crippen LogP contribution in [-0.4, -0.2) is 14.5 Å². The molecule has 0 spiro atoms. The molecule has 0 saturated carbocycles. The highest BCUT2D eigenvalue weighted by Gasteiger charge is 2.13. The molecular weight excluding hydrogens is 595 g/mol. The summed E-state index contributed by atoms with van der Waals surface area (Å²) in [6, 6.07) is 59.1. The first kappa shape index (κ1) is 27.5. The Morgan fingerprint density at radius 1 is 0.306 bits per heavy atom. The molecule has 3 heteroatoms. The van der Waals surface area contributed by atoms with E-state index in [1.54, 1.807) is 12.4 Å². The molecule has 2 aromatic heterocycles. The van der Waals surface area contributed by atoms with Crippen molar-refractivity contribution in [2.75, 3.05) is 0 Å². The third kappa shape index (κ3) is 4.44. The summed E-state index contributed by atoms with van der Waals surface area (Å²) in [4.78, 5) is 9.51. The van der Waals surface area contributed by atoms with E-state index in [0.717, 1.165) is 33.1 Å². The van der Waals surface area contributed by atoms with Gasteiger partial charge in [-0.15, -0.1) is 0 Å². The Kier molecular flexibility index (Phi) is 6.18. The van der Waals surface area contributed by atoms with Crippen molar-refractivity contribution < 1.29 is 0 Å². The van der Waals surface area contributed by atoms with Gasteiger partial charge in [0.1, 0.15) is 0 Å². The number of hydrogen-bond acceptors (Lipinski definition) is 2. The second-order valence-corrected chi connectivity index (χ2v) is 12.6. The third-order valence-corrected chi connectivity index (χ3v) is 9.88. The summed E-state index contributed by atoms with van der Waals surface area (Å²) in [5.74, 6) is 0.